The Kier molecular flexibility index (Phi) is 3.04. The third-order valence-corrected chi connectivity index (χ3v) is 5.55. The van der Waals surface area contributed by atoms with E-state index in [-0.39, 0.29) is 11.6 Å². The molecule has 0 amide bonds. The summed E-state index contributed by atoms with van der Waals surface area (Å²) in [7, 11) is 0. The van der Waals surface area contributed by atoms with Gasteiger partial charge >= 0.3 is 0 Å². The van der Waals surface area contributed by atoms with Crippen molar-refractivity contribution in [2.24, 2.45) is 0 Å². The Balaban J connectivity index is 1.98. The van der Waals surface area contributed by atoms with Crippen LogP contribution < -0.4 is 17.0 Å². The molecule has 0 saturated heterocycles. The van der Waals surface area contributed by atoms with Gasteiger partial charge in [0.25, 0.3) is 5.56 Å². The highest BCUT2D eigenvalue weighted by Gasteiger charge is 2.20. The summed E-state index contributed by atoms with van der Waals surface area (Å²) >= 11 is 1.35. The number of nitrogens with zero attached hydrogens (tertiary/aromatic N) is 3. The number of rotatable bonds is 1. The second kappa shape index (κ2) is 4.95. The van der Waals surface area contributed by atoms with Crippen molar-refractivity contribution in [3.05, 3.63) is 22.9 Å². The summed E-state index contributed by atoms with van der Waals surface area (Å²) in [6.07, 6.45) is 8.89. The van der Waals surface area contributed by atoms with Crippen LogP contribution in [0.3, 0.4) is 0 Å². The predicted molar refractivity (Wildman–Crippen MR) is 90.1 cm³/mol. The van der Waals surface area contributed by atoms with Crippen LogP contribution in [0.2, 0.25) is 0 Å². The summed E-state index contributed by atoms with van der Waals surface area (Å²) in [4.78, 5) is 22.3. The second-order valence-electron chi connectivity index (χ2n) is 5.84. The SMILES string of the molecule is Nc1cnc2sc3c(=O)n(C4CCCCC4)cnc3c2c1N. The van der Waals surface area contributed by atoms with E-state index in [0.717, 1.165) is 12.8 Å². The average molecular weight is 315 g/mol. The minimum atomic E-state index is 0.0119. The van der Waals surface area contributed by atoms with Gasteiger partial charge in [-0.2, -0.15) is 0 Å². The first-order valence-corrected chi connectivity index (χ1v) is 8.32. The Morgan fingerprint density at radius 2 is 1.95 bits per heavy atom. The van der Waals surface area contributed by atoms with Gasteiger partial charge < -0.3 is 11.5 Å². The molecule has 0 radical (unpaired) electrons. The first-order chi connectivity index (χ1) is 10.7. The van der Waals surface area contributed by atoms with Crippen LogP contribution in [-0.2, 0) is 0 Å². The fourth-order valence-electron chi connectivity index (χ4n) is 3.26. The lowest BCUT2D eigenvalue weighted by Crippen LogP contribution is -2.26. The van der Waals surface area contributed by atoms with Crippen molar-refractivity contribution in [3.8, 4) is 0 Å². The van der Waals surface area contributed by atoms with Gasteiger partial charge in [-0.1, -0.05) is 19.3 Å². The molecule has 22 heavy (non-hydrogen) atoms. The highest BCUT2D eigenvalue weighted by Crippen LogP contribution is 2.36. The summed E-state index contributed by atoms with van der Waals surface area (Å²) in [5, 5.41) is 0.702. The zero-order chi connectivity index (χ0) is 15.3. The van der Waals surface area contributed by atoms with E-state index in [0.29, 0.717) is 31.8 Å². The van der Waals surface area contributed by atoms with E-state index in [1.165, 1.54) is 36.8 Å². The molecule has 0 bridgehead atoms. The summed E-state index contributed by atoms with van der Waals surface area (Å²) < 4.78 is 2.41. The molecule has 4 N–H and O–H groups in total. The molecule has 3 aromatic heterocycles. The molecule has 1 aliphatic rings. The van der Waals surface area contributed by atoms with Crippen LogP contribution in [0, 0.1) is 0 Å². The topological polar surface area (TPSA) is 99.8 Å². The van der Waals surface area contributed by atoms with E-state index in [9.17, 15) is 4.79 Å². The van der Waals surface area contributed by atoms with Crippen molar-refractivity contribution in [1.29, 1.82) is 0 Å². The van der Waals surface area contributed by atoms with Crippen LogP contribution in [0.1, 0.15) is 38.1 Å². The normalized spacial score (nSPS) is 16.5. The monoisotopic (exact) mass is 315 g/mol. The first kappa shape index (κ1) is 13.5. The smallest absolute Gasteiger partial charge is 0.271 e. The molecule has 0 spiro atoms. The molecule has 1 aliphatic carbocycles. The van der Waals surface area contributed by atoms with Gasteiger partial charge in [0.05, 0.1) is 29.3 Å². The molecule has 4 rings (SSSR count). The van der Waals surface area contributed by atoms with Crippen LogP contribution in [-0.4, -0.2) is 14.5 Å². The molecule has 114 valence electrons. The van der Waals surface area contributed by atoms with E-state index in [4.69, 9.17) is 11.5 Å². The van der Waals surface area contributed by atoms with Gasteiger partial charge in [-0.05, 0) is 12.8 Å². The van der Waals surface area contributed by atoms with Crippen LogP contribution in [0.25, 0.3) is 20.4 Å². The maximum atomic E-state index is 12.8. The minimum Gasteiger partial charge on any atom is -0.396 e. The van der Waals surface area contributed by atoms with Gasteiger partial charge in [0.1, 0.15) is 15.0 Å². The molecule has 0 aliphatic heterocycles. The predicted octanol–water partition coefficient (Wildman–Crippen LogP) is 2.68. The molecule has 1 saturated carbocycles. The Hall–Kier alpha value is -2.15. The van der Waals surface area contributed by atoms with Crippen LogP contribution in [0.4, 0.5) is 11.4 Å². The summed E-state index contributed by atoms with van der Waals surface area (Å²) in [5.74, 6) is 0. The highest BCUT2D eigenvalue weighted by molar-refractivity contribution is 7.25. The summed E-state index contributed by atoms with van der Waals surface area (Å²) in [5.41, 5.74) is 13.4. The Morgan fingerprint density at radius 3 is 2.73 bits per heavy atom. The lowest BCUT2D eigenvalue weighted by atomic mass is 9.95. The molecular weight excluding hydrogens is 298 g/mol. The van der Waals surface area contributed by atoms with Crippen molar-refractivity contribution < 1.29 is 0 Å². The fraction of sp³-hybridized carbons (Fsp3) is 0.400. The molecule has 3 heterocycles. The number of anilines is 2. The lowest BCUT2D eigenvalue weighted by molar-refractivity contribution is 0.345. The first-order valence-electron chi connectivity index (χ1n) is 7.50. The molecule has 0 unspecified atom stereocenters. The van der Waals surface area contributed by atoms with E-state index < -0.39 is 0 Å². The zero-order valence-corrected chi connectivity index (χ0v) is 12.9. The van der Waals surface area contributed by atoms with Gasteiger partial charge in [0.2, 0.25) is 0 Å². The van der Waals surface area contributed by atoms with Gasteiger partial charge in [-0.25, -0.2) is 9.97 Å². The van der Waals surface area contributed by atoms with Crippen molar-refractivity contribution in [3.63, 3.8) is 0 Å². The van der Waals surface area contributed by atoms with Gasteiger partial charge in [0, 0.05) is 6.04 Å². The largest absolute Gasteiger partial charge is 0.396 e. The minimum absolute atomic E-state index is 0.0119. The molecule has 6 nitrogen and oxygen atoms in total. The number of aromatic nitrogens is 3. The van der Waals surface area contributed by atoms with Crippen molar-refractivity contribution in [2.45, 2.75) is 38.1 Å². The standard InChI is InChI=1S/C15H17N5OS/c16-9-6-18-14-10(11(9)17)12-13(22-14)15(21)20(7-19-12)8-4-2-1-3-5-8/h6-8H,1-5,16H2,(H2,17,18). The number of fused-ring (bicyclic) bond motifs is 3. The number of thiophene rings is 1. The van der Waals surface area contributed by atoms with Crippen molar-refractivity contribution >= 4 is 43.1 Å². The number of nitrogen functional groups attached to an aromatic ring is 2. The molecule has 0 aromatic carbocycles. The summed E-state index contributed by atoms with van der Waals surface area (Å²) in [6, 6.07) is 0.263. The molecule has 7 heteroatoms. The van der Waals surface area contributed by atoms with E-state index in [1.807, 2.05) is 0 Å². The number of hydrogen-bond acceptors (Lipinski definition) is 6. The maximum absolute atomic E-state index is 12.8. The third kappa shape index (κ3) is 1.89. The quantitative estimate of drug-likeness (QED) is 0.719. The van der Waals surface area contributed by atoms with Crippen LogP contribution >= 0.6 is 11.3 Å². The van der Waals surface area contributed by atoms with E-state index >= 15 is 0 Å². The molecule has 0 atom stereocenters. The van der Waals surface area contributed by atoms with Crippen LogP contribution in [0.5, 0.6) is 0 Å². The second-order valence-corrected chi connectivity index (χ2v) is 6.84. The van der Waals surface area contributed by atoms with Gasteiger partial charge in [0.15, 0.2) is 0 Å². The Bertz CT molecular complexity index is 923. The molecule has 3 aromatic rings. The lowest BCUT2D eigenvalue weighted by Gasteiger charge is -2.23. The molecular formula is C15H17N5OS. The fourth-order valence-corrected chi connectivity index (χ4v) is 4.32. The number of nitrogens with two attached hydrogens (primary N) is 2. The Labute approximate surface area is 130 Å². The van der Waals surface area contributed by atoms with Crippen molar-refractivity contribution in [1.82, 2.24) is 14.5 Å². The van der Waals surface area contributed by atoms with Gasteiger partial charge in [-0.15, -0.1) is 11.3 Å². The third-order valence-electron chi connectivity index (χ3n) is 4.47. The summed E-state index contributed by atoms with van der Waals surface area (Å²) in [6.45, 7) is 0. The molecule has 1 fully saturated rings. The zero-order valence-electron chi connectivity index (χ0n) is 12.1. The number of hydrogen-bond donors (Lipinski definition) is 2. The van der Waals surface area contributed by atoms with E-state index in [1.54, 1.807) is 10.9 Å². The maximum Gasteiger partial charge on any atom is 0.271 e. The average Bonchev–Trinajstić information content (AvgIpc) is 2.92. The van der Waals surface area contributed by atoms with Crippen molar-refractivity contribution in [2.75, 3.05) is 11.5 Å². The van der Waals surface area contributed by atoms with E-state index in [2.05, 4.69) is 9.97 Å². The van der Waals surface area contributed by atoms with Gasteiger partial charge in [-0.3, -0.25) is 9.36 Å². The Morgan fingerprint density at radius 1 is 1.18 bits per heavy atom. The van der Waals surface area contributed by atoms with Crippen LogP contribution in [0.15, 0.2) is 17.3 Å². The highest BCUT2D eigenvalue weighted by atomic mass is 32.1. The number of pyridine rings is 1.